The van der Waals surface area contributed by atoms with E-state index >= 15 is 0 Å². The van der Waals surface area contributed by atoms with Crippen LogP contribution in [0.5, 0.6) is 5.75 Å². The van der Waals surface area contributed by atoms with Crippen molar-refractivity contribution < 1.29 is 26.5 Å². The van der Waals surface area contributed by atoms with E-state index in [4.69, 9.17) is 9.72 Å². The topological polar surface area (TPSA) is 22.1 Å². The molecule has 0 saturated carbocycles. The Kier molecular flexibility index (Phi) is 7.36. The van der Waals surface area contributed by atoms with Crippen molar-refractivity contribution in [3.05, 3.63) is 83.9 Å². The summed E-state index contributed by atoms with van der Waals surface area (Å²) < 4.78 is 45.9. The van der Waals surface area contributed by atoms with E-state index in [2.05, 4.69) is 93.9 Å². The molecule has 0 bridgehead atoms. The van der Waals surface area contributed by atoms with Crippen molar-refractivity contribution in [2.45, 2.75) is 12.8 Å². The highest BCUT2D eigenvalue weighted by atomic mass is 19.5. The molecule has 3 nitrogen and oxygen atoms in total. The van der Waals surface area contributed by atoms with Gasteiger partial charge in [-0.3, -0.25) is 0 Å². The Morgan fingerprint density at radius 3 is 2.19 bits per heavy atom. The summed E-state index contributed by atoms with van der Waals surface area (Å²) in [6, 6.07) is 25.7. The van der Waals surface area contributed by atoms with E-state index in [1.807, 2.05) is 0 Å². The molecule has 36 heavy (non-hydrogen) atoms. The van der Waals surface area contributed by atoms with E-state index in [1.54, 1.807) is 0 Å². The number of aromatic nitrogens is 1. The molecular formula is C28H29BF4N2O. The molecule has 5 rings (SSSR count). The van der Waals surface area contributed by atoms with E-state index in [-0.39, 0.29) is 0 Å². The molecule has 188 valence electrons. The van der Waals surface area contributed by atoms with Crippen LogP contribution in [0.2, 0.25) is 0 Å². The van der Waals surface area contributed by atoms with E-state index in [0.29, 0.717) is 0 Å². The summed E-state index contributed by atoms with van der Waals surface area (Å²) in [6.07, 6.45) is 1.98. The lowest BCUT2D eigenvalue weighted by Gasteiger charge is -2.23. The van der Waals surface area contributed by atoms with Crippen LogP contribution in [-0.2, 0) is 6.42 Å². The van der Waals surface area contributed by atoms with Gasteiger partial charge < -0.3 is 26.5 Å². The van der Waals surface area contributed by atoms with Gasteiger partial charge in [-0.05, 0) is 52.6 Å². The Labute approximate surface area is 209 Å². The second-order valence-corrected chi connectivity index (χ2v) is 9.90. The van der Waals surface area contributed by atoms with E-state index in [9.17, 15) is 17.3 Å². The molecule has 1 heterocycles. The predicted molar refractivity (Wildman–Crippen MR) is 139 cm³/mol. The third kappa shape index (κ3) is 6.43. The maximum Gasteiger partial charge on any atom is 0.673 e. The minimum Gasteiger partial charge on any atom is -0.493 e. The molecular weight excluding hydrogens is 467 g/mol. The Bertz CT molecular complexity index is 1340. The van der Waals surface area contributed by atoms with Crippen molar-refractivity contribution in [2.24, 2.45) is 0 Å². The van der Waals surface area contributed by atoms with Crippen LogP contribution in [0.4, 0.5) is 17.3 Å². The van der Waals surface area contributed by atoms with Gasteiger partial charge in [0.15, 0.2) is 0 Å². The molecule has 0 aliphatic heterocycles. The van der Waals surface area contributed by atoms with Gasteiger partial charge in [0.05, 0.1) is 45.5 Å². The van der Waals surface area contributed by atoms with Gasteiger partial charge in [0.2, 0.25) is 0 Å². The van der Waals surface area contributed by atoms with Gasteiger partial charge in [0.25, 0.3) is 0 Å². The van der Waals surface area contributed by atoms with Crippen molar-refractivity contribution in [1.29, 1.82) is 0 Å². The monoisotopic (exact) mass is 496 g/mol. The van der Waals surface area contributed by atoms with Gasteiger partial charge in [0.1, 0.15) is 5.75 Å². The number of nitrogens with zero attached hydrogens (tertiary/aromatic N) is 2. The van der Waals surface area contributed by atoms with Crippen LogP contribution in [-0.4, -0.2) is 51.0 Å². The standard InChI is InChI=1S/C28H29N2O.BF4/c1-30(2,3)17-8-18-31-22-15-13-20(14-16-22)28-25-19-21-9-4-5-10-23(21)27(25)24-11-6-7-12-26(24)29-28;2-1(3,4)5/h4-7,9-16H,8,17-19H2,1-3H3;/q+1;-1. The first-order valence-electron chi connectivity index (χ1n) is 11.9. The summed E-state index contributed by atoms with van der Waals surface area (Å²) in [5, 5.41) is 1.24. The third-order valence-electron chi connectivity index (χ3n) is 6.02. The molecule has 1 aliphatic carbocycles. The van der Waals surface area contributed by atoms with Crippen molar-refractivity contribution in [3.8, 4) is 28.1 Å². The first-order chi connectivity index (χ1) is 17.0. The summed E-state index contributed by atoms with van der Waals surface area (Å²) in [5.41, 5.74) is 8.68. The van der Waals surface area contributed by atoms with Crippen LogP contribution < -0.4 is 4.74 Å². The Morgan fingerprint density at radius 1 is 0.861 bits per heavy atom. The number of rotatable bonds is 6. The fourth-order valence-electron chi connectivity index (χ4n) is 4.52. The van der Waals surface area contributed by atoms with E-state index < -0.39 is 7.25 Å². The predicted octanol–water partition coefficient (Wildman–Crippen LogP) is 7.25. The zero-order valence-electron chi connectivity index (χ0n) is 20.6. The average molecular weight is 496 g/mol. The molecule has 8 heteroatoms. The lowest BCUT2D eigenvalue weighted by atomic mass is 9.97. The van der Waals surface area contributed by atoms with Crippen LogP contribution >= 0.6 is 0 Å². The highest BCUT2D eigenvalue weighted by molar-refractivity contribution is 6.50. The number of halogens is 4. The smallest absolute Gasteiger partial charge is 0.493 e. The Morgan fingerprint density at radius 2 is 1.50 bits per heavy atom. The molecule has 0 atom stereocenters. The summed E-state index contributed by atoms with van der Waals surface area (Å²) in [6.45, 7) is 1.85. The van der Waals surface area contributed by atoms with Gasteiger partial charge >= 0.3 is 7.25 Å². The van der Waals surface area contributed by atoms with Crippen molar-refractivity contribution in [2.75, 3.05) is 34.3 Å². The normalized spacial score (nSPS) is 12.5. The molecule has 0 amide bonds. The molecule has 0 spiro atoms. The summed E-state index contributed by atoms with van der Waals surface area (Å²) in [5.74, 6) is 0.922. The molecule has 3 aromatic carbocycles. The van der Waals surface area contributed by atoms with E-state index in [1.165, 1.54) is 27.6 Å². The van der Waals surface area contributed by atoms with Crippen molar-refractivity contribution >= 4 is 18.2 Å². The minimum absolute atomic E-state index is 0.744. The highest BCUT2D eigenvalue weighted by Crippen LogP contribution is 2.44. The van der Waals surface area contributed by atoms with Gasteiger partial charge in [-0.2, -0.15) is 0 Å². The van der Waals surface area contributed by atoms with Gasteiger partial charge in [0, 0.05) is 23.8 Å². The SMILES string of the molecule is C[N+](C)(C)CCCOc1ccc(-c2nc3ccccc3c3c2Cc2ccccc2-3)cc1.F[B-](F)(F)F. The van der Waals surface area contributed by atoms with Crippen molar-refractivity contribution in [1.82, 2.24) is 4.98 Å². The molecule has 4 aromatic rings. The maximum atomic E-state index is 9.75. The zero-order valence-corrected chi connectivity index (χ0v) is 20.6. The summed E-state index contributed by atoms with van der Waals surface area (Å²) >= 11 is 0. The van der Waals surface area contributed by atoms with Crippen LogP contribution in [0.25, 0.3) is 33.3 Å². The largest absolute Gasteiger partial charge is 0.673 e. The summed E-state index contributed by atoms with van der Waals surface area (Å²) in [4.78, 5) is 5.09. The molecule has 0 radical (unpaired) electrons. The number of hydrogen-bond donors (Lipinski definition) is 0. The number of benzene rings is 3. The number of quaternary nitrogens is 1. The zero-order chi connectivity index (χ0) is 25.9. The second kappa shape index (κ2) is 10.3. The third-order valence-corrected chi connectivity index (χ3v) is 6.02. The molecule has 0 saturated heterocycles. The summed E-state index contributed by atoms with van der Waals surface area (Å²) in [7, 11) is 0.631. The Hall–Kier alpha value is -3.39. The van der Waals surface area contributed by atoms with E-state index in [0.717, 1.165) is 53.0 Å². The molecule has 0 N–H and O–H groups in total. The fraction of sp³-hybridized carbons (Fsp3) is 0.250. The number of para-hydroxylation sites is 1. The molecule has 0 fully saturated rings. The van der Waals surface area contributed by atoms with Gasteiger partial charge in [-0.15, -0.1) is 0 Å². The average Bonchev–Trinajstić information content (AvgIpc) is 3.20. The Balaban J connectivity index is 0.000000556. The molecule has 1 aliphatic rings. The lowest BCUT2D eigenvalue weighted by Crippen LogP contribution is -2.35. The maximum absolute atomic E-state index is 9.75. The highest BCUT2D eigenvalue weighted by Gasteiger charge is 2.25. The quantitative estimate of drug-likeness (QED) is 0.107. The fourth-order valence-corrected chi connectivity index (χ4v) is 4.52. The number of fused-ring (bicyclic) bond motifs is 5. The minimum atomic E-state index is -6.00. The van der Waals surface area contributed by atoms with Crippen LogP contribution in [0.3, 0.4) is 0 Å². The van der Waals surface area contributed by atoms with Gasteiger partial charge in [-0.1, -0.05) is 42.5 Å². The molecule has 1 aromatic heterocycles. The van der Waals surface area contributed by atoms with Crippen LogP contribution in [0.1, 0.15) is 17.5 Å². The first-order valence-corrected chi connectivity index (χ1v) is 11.9. The number of pyridine rings is 1. The van der Waals surface area contributed by atoms with Crippen molar-refractivity contribution in [3.63, 3.8) is 0 Å². The second-order valence-electron chi connectivity index (χ2n) is 9.90. The lowest BCUT2D eigenvalue weighted by molar-refractivity contribution is -0.870. The van der Waals surface area contributed by atoms with Crippen LogP contribution in [0.15, 0.2) is 72.8 Å². The number of hydrogen-bond acceptors (Lipinski definition) is 2. The first kappa shape index (κ1) is 25.7. The van der Waals surface area contributed by atoms with Crippen LogP contribution in [0, 0.1) is 0 Å². The van der Waals surface area contributed by atoms with Gasteiger partial charge in [-0.25, -0.2) is 4.98 Å². The molecule has 0 unspecified atom stereocenters. The number of ether oxygens (including phenoxy) is 1.